The van der Waals surface area contributed by atoms with Crippen LogP contribution in [0.3, 0.4) is 0 Å². The van der Waals surface area contributed by atoms with Crippen LogP contribution in [0.25, 0.3) is 0 Å². The van der Waals surface area contributed by atoms with Crippen molar-refractivity contribution in [2.75, 3.05) is 26.2 Å². The lowest BCUT2D eigenvalue weighted by atomic mass is 9.83. The molecule has 126 valence electrons. The minimum Gasteiger partial charge on any atom is -0.389 e. The van der Waals surface area contributed by atoms with E-state index < -0.39 is 5.60 Å². The van der Waals surface area contributed by atoms with Gasteiger partial charge in [-0.3, -0.25) is 9.69 Å². The monoisotopic (exact) mass is 316 g/mol. The van der Waals surface area contributed by atoms with Gasteiger partial charge in [0.15, 0.2) is 0 Å². The molecule has 2 aliphatic rings. The standard InChI is InChI=1S/C19H28N2O2/c1-16(22)20-12-13-21(15-19(23)10-6-3-7-11-19)18(14-20)17-8-4-2-5-9-17/h2,4-5,8-9,18,23H,3,6-7,10-15H2,1H3/t18-/m0/s1. The van der Waals surface area contributed by atoms with Crippen molar-refractivity contribution in [3.8, 4) is 0 Å². The summed E-state index contributed by atoms with van der Waals surface area (Å²) >= 11 is 0. The highest BCUT2D eigenvalue weighted by atomic mass is 16.3. The van der Waals surface area contributed by atoms with E-state index in [2.05, 4.69) is 29.2 Å². The first-order valence-electron chi connectivity index (χ1n) is 8.84. The highest BCUT2D eigenvalue weighted by Crippen LogP contribution is 2.33. The summed E-state index contributed by atoms with van der Waals surface area (Å²) in [6.07, 6.45) is 5.30. The van der Waals surface area contributed by atoms with Gasteiger partial charge in [-0.25, -0.2) is 0 Å². The molecule has 1 aromatic carbocycles. The van der Waals surface area contributed by atoms with E-state index in [4.69, 9.17) is 0 Å². The normalized spacial score (nSPS) is 25.3. The molecule has 0 unspecified atom stereocenters. The molecule has 1 amide bonds. The van der Waals surface area contributed by atoms with Crippen LogP contribution in [0, 0.1) is 0 Å². The van der Waals surface area contributed by atoms with Gasteiger partial charge in [0.05, 0.1) is 11.6 Å². The van der Waals surface area contributed by atoms with Gasteiger partial charge in [-0.2, -0.15) is 0 Å². The largest absolute Gasteiger partial charge is 0.389 e. The average molecular weight is 316 g/mol. The zero-order chi connectivity index (χ0) is 16.3. The van der Waals surface area contributed by atoms with Crippen molar-refractivity contribution in [1.29, 1.82) is 0 Å². The third kappa shape index (κ3) is 3.93. The van der Waals surface area contributed by atoms with E-state index in [1.807, 2.05) is 11.0 Å². The Morgan fingerprint density at radius 2 is 1.87 bits per heavy atom. The van der Waals surface area contributed by atoms with Gasteiger partial charge >= 0.3 is 0 Å². The fraction of sp³-hybridized carbons (Fsp3) is 0.632. The molecule has 4 heteroatoms. The Kier molecular flexibility index (Phi) is 5.02. The smallest absolute Gasteiger partial charge is 0.219 e. The number of piperazine rings is 1. The first-order valence-corrected chi connectivity index (χ1v) is 8.84. The lowest BCUT2D eigenvalue weighted by Gasteiger charge is -2.45. The molecule has 0 spiro atoms. The molecule has 1 saturated carbocycles. The van der Waals surface area contributed by atoms with Crippen molar-refractivity contribution in [2.45, 2.75) is 50.7 Å². The van der Waals surface area contributed by atoms with Gasteiger partial charge in [0.25, 0.3) is 0 Å². The lowest BCUT2D eigenvalue weighted by Crippen LogP contribution is -2.54. The fourth-order valence-electron chi connectivity index (χ4n) is 4.03. The number of hydrogen-bond donors (Lipinski definition) is 1. The zero-order valence-electron chi connectivity index (χ0n) is 14.1. The molecule has 1 atom stereocenters. The minimum absolute atomic E-state index is 0.141. The van der Waals surface area contributed by atoms with Gasteiger partial charge in [0.2, 0.25) is 5.91 Å². The summed E-state index contributed by atoms with van der Waals surface area (Å²) in [4.78, 5) is 16.1. The highest BCUT2D eigenvalue weighted by molar-refractivity contribution is 5.73. The molecule has 2 fully saturated rings. The second-order valence-electron chi connectivity index (χ2n) is 7.15. The molecule has 0 radical (unpaired) electrons. The summed E-state index contributed by atoms with van der Waals surface area (Å²) in [7, 11) is 0. The lowest BCUT2D eigenvalue weighted by molar-refractivity contribution is -0.133. The maximum atomic E-state index is 11.8. The number of aliphatic hydroxyl groups is 1. The van der Waals surface area contributed by atoms with Crippen molar-refractivity contribution < 1.29 is 9.90 Å². The summed E-state index contributed by atoms with van der Waals surface area (Å²) in [5.41, 5.74) is 0.682. The van der Waals surface area contributed by atoms with E-state index >= 15 is 0 Å². The molecule has 1 aliphatic carbocycles. The van der Waals surface area contributed by atoms with E-state index in [0.29, 0.717) is 0 Å². The number of hydrogen-bond acceptors (Lipinski definition) is 3. The third-order valence-corrected chi connectivity index (χ3v) is 5.40. The minimum atomic E-state index is -0.552. The van der Waals surface area contributed by atoms with E-state index in [-0.39, 0.29) is 11.9 Å². The molecule has 4 nitrogen and oxygen atoms in total. The number of rotatable bonds is 3. The Labute approximate surface area is 139 Å². The van der Waals surface area contributed by atoms with Crippen molar-refractivity contribution in [2.24, 2.45) is 0 Å². The molecular formula is C19H28N2O2. The van der Waals surface area contributed by atoms with E-state index in [0.717, 1.165) is 51.9 Å². The first kappa shape index (κ1) is 16.5. The van der Waals surface area contributed by atoms with Crippen LogP contribution in [-0.4, -0.2) is 52.6 Å². The Morgan fingerprint density at radius 1 is 1.17 bits per heavy atom. The summed E-state index contributed by atoms with van der Waals surface area (Å²) in [5, 5.41) is 10.9. The van der Waals surface area contributed by atoms with Gasteiger partial charge in [-0.1, -0.05) is 49.6 Å². The van der Waals surface area contributed by atoms with Crippen LogP contribution in [0.2, 0.25) is 0 Å². The molecule has 0 aromatic heterocycles. The van der Waals surface area contributed by atoms with Crippen LogP contribution in [0.4, 0.5) is 0 Å². The van der Waals surface area contributed by atoms with Crippen molar-refractivity contribution in [3.05, 3.63) is 35.9 Å². The topological polar surface area (TPSA) is 43.8 Å². The maximum absolute atomic E-state index is 11.8. The molecular weight excluding hydrogens is 288 g/mol. The van der Waals surface area contributed by atoms with Crippen molar-refractivity contribution in [1.82, 2.24) is 9.80 Å². The van der Waals surface area contributed by atoms with Crippen molar-refractivity contribution >= 4 is 5.91 Å². The summed E-state index contributed by atoms with van der Waals surface area (Å²) < 4.78 is 0. The molecule has 3 rings (SSSR count). The van der Waals surface area contributed by atoms with Crippen LogP contribution in [0.1, 0.15) is 50.6 Å². The average Bonchev–Trinajstić information content (AvgIpc) is 2.56. The second-order valence-corrected chi connectivity index (χ2v) is 7.15. The molecule has 0 bridgehead atoms. The van der Waals surface area contributed by atoms with Gasteiger partial charge < -0.3 is 10.0 Å². The Balaban J connectivity index is 1.78. The fourth-order valence-corrected chi connectivity index (χ4v) is 4.03. The molecule has 1 aromatic rings. The molecule has 1 heterocycles. The van der Waals surface area contributed by atoms with Crippen LogP contribution in [0.15, 0.2) is 30.3 Å². The number of carbonyl (C=O) groups excluding carboxylic acids is 1. The van der Waals surface area contributed by atoms with Crippen molar-refractivity contribution in [3.63, 3.8) is 0 Å². The number of benzene rings is 1. The summed E-state index contributed by atoms with van der Waals surface area (Å²) in [6, 6.07) is 10.6. The highest BCUT2D eigenvalue weighted by Gasteiger charge is 2.36. The summed E-state index contributed by atoms with van der Waals surface area (Å²) in [6.45, 7) is 4.68. The number of amides is 1. The zero-order valence-corrected chi connectivity index (χ0v) is 14.1. The van der Waals surface area contributed by atoms with Gasteiger partial charge in [0, 0.05) is 33.1 Å². The number of β-amino-alcohol motifs (C(OH)–C–C–N with tert-alkyl or cyclic N) is 1. The Morgan fingerprint density at radius 3 is 2.52 bits per heavy atom. The van der Waals surface area contributed by atoms with Crippen LogP contribution < -0.4 is 0 Å². The van der Waals surface area contributed by atoms with E-state index in [1.165, 1.54) is 12.0 Å². The summed E-state index contributed by atoms with van der Waals surface area (Å²) in [5.74, 6) is 0.141. The SMILES string of the molecule is CC(=O)N1CCN(CC2(O)CCCCC2)[C@H](c2ccccc2)C1. The van der Waals surface area contributed by atoms with Gasteiger partial charge in [-0.15, -0.1) is 0 Å². The molecule has 1 aliphatic heterocycles. The van der Waals surface area contributed by atoms with Gasteiger partial charge in [0.1, 0.15) is 0 Å². The maximum Gasteiger partial charge on any atom is 0.219 e. The first-order chi connectivity index (χ1) is 11.1. The quantitative estimate of drug-likeness (QED) is 0.932. The van der Waals surface area contributed by atoms with E-state index in [1.54, 1.807) is 6.92 Å². The van der Waals surface area contributed by atoms with E-state index in [9.17, 15) is 9.90 Å². The van der Waals surface area contributed by atoms with Crippen LogP contribution >= 0.6 is 0 Å². The predicted octanol–water partition coefficient (Wildman–Crippen LogP) is 2.59. The van der Waals surface area contributed by atoms with Crippen LogP contribution in [0.5, 0.6) is 0 Å². The third-order valence-electron chi connectivity index (χ3n) is 5.40. The Hall–Kier alpha value is -1.39. The second kappa shape index (κ2) is 7.02. The number of nitrogens with zero attached hydrogens (tertiary/aromatic N) is 2. The molecule has 1 saturated heterocycles. The Bertz CT molecular complexity index is 525. The number of carbonyl (C=O) groups is 1. The molecule has 1 N–H and O–H groups in total. The predicted molar refractivity (Wildman–Crippen MR) is 91.0 cm³/mol. The van der Waals surface area contributed by atoms with Crippen LogP contribution in [-0.2, 0) is 4.79 Å². The molecule has 23 heavy (non-hydrogen) atoms. The van der Waals surface area contributed by atoms with Gasteiger partial charge in [-0.05, 0) is 18.4 Å².